The Bertz CT molecular complexity index is 740. The fourth-order valence-electron chi connectivity index (χ4n) is 2.95. The Morgan fingerprint density at radius 3 is 2.88 bits per heavy atom. The van der Waals surface area contributed by atoms with Crippen molar-refractivity contribution in [3.8, 4) is 0 Å². The minimum Gasteiger partial charge on any atom is -0.297 e. The molecule has 0 atom stereocenters. The van der Waals surface area contributed by atoms with Crippen molar-refractivity contribution in [3.63, 3.8) is 0 Å². The summed E-state index contributed by atoms with van der Waals surface area (Å²) in [5.41, 5.74) is 0. The fraction of sp³-hybridized carbons (Fsp3) is 0.562. The van der Waals surface area contributed by atoms with Gasteiger partial charge in [-0.25, -0.2) is 8.42 Å². The van der Waals surface area contributed by atoms with E-state index in [0.717, 1.165) is 39.0 Å². The van der Waals surface area contributed by atoms with Crippen LogP contribution in [-0.4, -0.2) is 53.6 Å². The van der Waals surface area contributed by atoms with E-state index in [-0.39, 0.29) is 0 Å². The number of sulfonamides is 1. The Labute approximate surface area is 147 Å². The molecule has 3 rings (SSSR count). The maximum absolute atomic E-state index is 12.8. The van der Waals surface area contributed by atoms with E-state index < -0.39 is 10.0 Å². The number of nitrogens with zero attached hydrogens (tertiary/aromatic N) is 4. The molecule has 0 bridgehead atoms. The highest BCUT2D eigenvalue weighted by atomic mass is 32.2. The Balaban J connectivity index is 1.65. The monoisotopic (exact) mass is 368 g/mol. The number of rotatable bonds is 6. The first-order chi connectivity index (χ1) is 11.6. The van der Waals surface area contributed by atoms with Crippen molar-refractivity contribution >= 4 is 21.4 Å². The zero-order chi connectivity index (χ0) is 17.0. The van der Waals surface area contributed by atoms with Gasteiger partial charge in [0.2, 0.25) is 10.0 Å². The molecule has 0 radical (unpaired) electrons. The molecular formula is C16H24N4O2S2. The van der Waals surface area contributed by atoms with Crippen molar-refractivity contribution in [2.24, 2.45) is 0 Å². The van der Waals surface area contributed by atoms with Gasteiger partial charge in [0.05, 0.1) is 6.20 Å². The molecular weight excluding hydrogens is 344 g/mol. The largest absolute Gasteiger partial charge is 0.297 e. The normalized spacial score (nSPS) is 17.9. The lowest BCUT2D eigenvalue weighted by atomic mass is 10.3. The summed E-state index contributed by atoms with van der Waals surface area (Å²) in [5.74, 6) is 0. The van der Waals surface area contributed by atoms with Crippen molar-refractivity contribution in [1.82, 2.24) is 19.0 Å². The van der Waals surface area contributed by atoms with E-state index in [0.29, 0.717) is 18.0 Å². The van der Waals surface area contributed by atoms with E-state index in [4.69, 9.17) is 0 Å². The van der Waals surface area contributed by atoms with Gasteiger partial charge in [-0.3, -0.25) is 9.58 Å². The molecule has 3 heterocycles. The summed E-state index contributed by atoms with van der Waals surface area (Å²) in [4.78, 5) is 3.97. The third-order valence-corrected chi connectivity index (χ3v) is 6.92. The Kier molecular flexibility index (Phi) is 5.70. The lowest BCUT2D eigenvalue weighted by Gasteiger charge is -2.20. The second kappa shape index (κ2) is 7.77. The molecule has 1 aliphatic heterocycles. The van der Waals surface area contributed by atoms with Gasteiger partial charge < -0.3 is 0 Å². The summed E-state index contributed by atoms with van der Waals surface area (Å²) < 4.78 is 29.0. The van der Waals surface area contributed by atoms with Crippen LogP contribution in [0.1, 0.15) is 24.6 Å². The van der Waals surface area contributed by atoms with Crippen LogP contribution in [0.15, 0.2) is 34.8 Å². The molecule has 0 aromatic carbocycles. The lowest BCUT2D eigenvalue weighted by Crippen LogP contribution is -2.34. The van der Waals surface area contributed by atoms with Gasteiger partial charge >= 0.3 is 0 Å². The quantitative estimate of drug-likeness (QED) is 0.785. The van der Waals surface area contributed by atoms with Gasteiger partial charge in [-0.2, -0.15) is 9.40 Å². The van der Waals surface area contributed by atoms with Crippen LogP contribution in [0.2, 0.25) is 0 Å². The zero-order valence-electron chi connectivity index (χ0n) is 14.0. The third kappa shape index (κ3) is 4.05. The Morgan fingerprint density at radius 1 is 1.25 bits per heavy atom. The van der Waals surface area contributed by atoms with Gasteiger partial charge in [0.25, 0.3) is 0 Å². The molecule has 1 fully saturated rings. The molecule has 6 nitrogen and oxygen atoms in total. The number of hydrogen-bond acceptors (Lipinski definition) is 5. The molecule has 8 heteroatoms. The summed E-state index contributed by atoms with van der Waals surface area (Å²) in [7, 11) is -3.44. The fourth-order valence-corrected chi connectivity index (χ4v) is 5.12. The van der Waals surface area contributed by atoms with E-state index in [1.165, 1.54) is 11.1 Å². The summed E-state index contributed by atoms with van der Waals surface area (Å²) >= 11 is 1.75. The second-order valence-electron chi connectivity index (χ2n) is 6.05. The molecule has 0 amide bonds. The highest BCUT2D eigenvalue weighted by molar-refractivity contribution is 7.89. The maximum atomic E-state index is 12.8. The van der Waals surface area contributed by atoms with Crippen LogP contribution in [0.3, 0.4) is 0 Å². The highest BCUT2D eigenvalue weighted by Gasteiger charge is 2.28. The maximum Gasteiger partial charge on any atom is 0.246 e. The number of aromatic nitrogens is 2. The van der Waals surface area contributed by atoms with Gasteiger partial charge in [-0.1, -0.05) is 13.0 Å². The van der Waals surface area contributed by atoms with Crippen LogP contribution in [0.5, 0.6) is 0 Å². The summed E-state index contributed by atoms with van der Waals surface area (Å²) in [6, 6.07) is 4.19. The molecule has 0 aliphatic carbocycles. The van der Waals surface area contributed by atoms with E-state index in [1.807, 2.05) is 6.92 Å². The standard InChI is InChI=1S/C16H24N4O2S2/c1-2-6-19-14-16(12-17-19)24(21,22)20-8-4-7-18(9-10-20)13-15-5-3-11-23-15/h3,5,11-12,14H,2,4,6-10,13H2,1H3. The third-order valence-electron chi connectivity index (χ3n) is 4.21. The number of hydrogen-bond donors (Lipinski definition) is 0. The van der Waals surface area contributed by atoms with Crippen molar-refractivity contribution in [2.45, 2.75) is 37.8 Å². The van der Waals surface area contributed by atoms with Gasteiger partial charge in [-0.15, -0.1) is 11.3 Å². The Morgan fingerprint density at radius 2 is 2.12 bits per heavy atom. The van der Waals surface area contributed by atoms with Crippen LogP contribution >= 0.6 is 11.3 Å². The summed E-state index contributed by atoms with van der Waals surface area (Å²) in [6.07, 6.45) is 4.91. The zero-order valence-corrected chi connectivity index (χ0v) is 15.6. The van der Waals surface area contributed by atoms with E-state index >= 15 is 0 Å². The molecule has 1 saturated heterocycles. The average Bonchev–Trinajstić information content (AvgIpc) is 3.17. The van der Waals surface area contributed by atoms with Crippen molar-refractivity contribution < 1.29 is 8.42 Å². The second-order valence-corrected chi connectivity index (χ2v) is 9.02. The molecule has 0 N–H and O–H groups in total. The SMILES string of the molecule is CCCn1cc(S(=O)(=O)N2CCCN(Cc3cccs3)CC2)cn1. The molecule has 0 saturated carbocycles. The van der Waals surface area contributed by atoms with Gasteiger partial charge in [0.1, 0.15) is 4.90 Å². The number of aryl methyl sites for hydroxylation is 1. The van der Waals surface area contributed by atoms with Gasteiger partial charge in [-0.05, 0) is 30.8 Å². The van der Waals surface area contributed by atoms with Crippen LogP contribution in [-0.2, 0) is 23.1 Å². The van der Waals surface area contributed by atoms with Crippen molar-refractivity contribution in [3.05, 3.63) is 34.8 Å². The van der Waals surface area contributed by atoms with E-state index in [1.54, 1.807) is 26.5 Å². The first kappa shape index (κ1) is 17.6. The van der Waals surface area contributed by atoms with Gasteiger partial charge in [0, 0.05) is 43.8 Å². The van der Waals surface area contributed by atoms with Crippen LogP contribution in [0.25, 0.3) is 0 Å². The first-order valence-corrected chi connectivity index (χ1v) is 10.7. The van der Waals surface area contributed by atoms with Crippen LogP contribution in [0, 0.1) is 0 Å². The molecule has 0 spiro atoms. The number of thiophene rings is 1. The Hall–Kier alpha value is -1.22. The average molecular weight is 369 g/mol. The van der Waals surface area contributed by atoms with Crippen molar-refractivity contribution in [1.29, 1.82) is 0 Å². The minimum atomic E-state index is -3.44. The van der Waals surface area contributed by atoms with Crippen LogP contribution < -0.4 is 0 Å². The summed E-state index contributed by atoms with van der Waals surface area (Å²) in [5, 5.41) is 6.24. The first-order valence-electron chi connectivity index (χ1n) is 8.37. The predicted octanol–water partition coefficient (Wildman–Crippen LogP) is 2.25. The van der Waals surface area contributed by atoms with Gasteiger partial charge in [0.15, 0.2) is 0 Å². The molecule has 2 aromatic rings. The predicted molar refractivity (Wildman–Crippen MR) is 95.5 cm³/mol. The topological polar surface area (TPSA) is 58.4 Å². The highest BCUT2D eigenvalue weighted by Crippen LogP contribution is 2.19. The molecule has 1 aliphatic rings. The lowest BCUT2D eigenvalue weighted by molar-refractivity contribution is 0.281. The molecule has 2 aromatic heterocycles. The van der Waals surface area contributed by atoms with E-state index in [9.17, 15) is 8.42 Å². The van der Waals surface area contributed by atoms with E-state index in [2.05, 4.69) is 27.5 Å². The summed E-state index contributed by atoms with van der Waals surface area (Å²) in [6.45, 7) is 6.49. The minimum absolute atomic E-state index is 0.308. The molecule has 0 unspecified atom stereocenters. The van der Waals surface area contributed by atoms with Crippen molar-refractivity contribution in [2.75, 3.05) is 26.2 Å². The van der Waals surface area contributed by atoms with Crippen LogP contribution in [0.4, 0.5) is 0 Å². The molecule has 132 valence electrons. The smallest absolute Gasteiger partial charge is 0.246 e. The molecule has 24 heavy (non-hydrogen) atoms.